The van der Waals surface area contributed by atoms with E-state index < -0.39 is 0 Å². The largest absolute Gasteiger partial charge is 0.491 e. The van der Waals surface area contributed by atoms with Gasteiger partial charge in [-0.3, -0.25) is 4.79 Å². The third-order valence-corrected chi connectivity index (χ3v) is 4.71. The summed E-state index contributed by atoms with van der Waals surface area (Å²) in [6, 6.07) is 11.4. The minimum Gasteiger partial charge on any atom is -0.491 e. The number of anilines is 2. The van der Waals surface area contributed by atoms with E-state index in [1.807, 2.05) is 44.2 Å². The molecule has 1 fully saturated rings. The first-order valence-corrected chi connectivity index (χ1v) is 9.91. The molecule has 0 aliphatic heterocycles. The molecule has 0 saturated heterocycles. The second-order valence-corrected chi connectivity index (χ2v) is 7.41. The van der Waals surface area contributed by atoms with Gasteiger partial charge in [0, 0.05) is 23.5 Å². The number of ether oxygens (including phenoxy) is 1. The van der Waals surface area contributed by atoms with Crippen LogP contribution in [0.15, 0.2) is 42.6 Å². The molecular weight excluding hydrogens is 338 g/mol. The molecule has 1 saturated carbocycles. The SMILES string of the molecule is CC(C)Oc1ccc(NC(=O)c2ccnc(NC3CCCCCC3)c2)cc1. The first-order valence-electron chi connectivity index (χ1n) is 9.91. The number of nitrogens with zero attached hydrogens (tertiary/aromatic N) is 1. The van der Waals surface area contributed by atoms with Crippen LogP contribution in [-0.2, 0) is 0 Å². The lowest BCUT2D eigenvalue weighted by Crippen LogP contribution is -2.20. The van der Waals surface area contributed by atoms with Gasteiger partial charge in [-0.05, 0) is 63.1 Å². The van der Waals surface area contributed by atoms with Crippen LogP contribution in [0, 0.1) is 0 Å². The first-order chi connectivity index (χ1) is 13.1. The van der Waals surface area contributed by atoms with Gasteiger partial charge < -0.3 is 15.4 Å². The molecule has 2 N–H and O–H groups in total. The van der Waals surface area contributed by atoms with Gasteiger partial charge in [0.05, 0.1) is 6.10 Å². The number of amides is 1. The van der Waals surface area contributed by atoms with Gasteiger partial charge in [0.2, 0.25) is 0 Å². The molecule has 144 valence electrons. The fourth-order valence-electron chi connectivity index (χ4n) is 3.38. The van der Waals surface area contributed by atoms with Crippen LogP contribution in [0.2, 0.25) is 0 Å². The minimum absolute atomic E-state index is 0.127. The van der Waals surface area contributed by atoms with Crippen molar-refractivity contribution in [2.45, 2.75) is 64.5 Å². The number of hydrogen-bond donors (Lipinski definition) is 2. The summed E-state index contributed by atoms with van der Waals surface area (Å²) < 4.78 is 5.63. The molecule has 1 aromatic carbocycles. The molecule has 5 heteroatoms. The molecule has 1 aliphatic rings. The van der Waals surface area contributed by atoms with E-state index >= 15 is 0 Å². The average Bonchev–Trinajstić information content (AvgIpc) is 2.92. The Bertz CT molecular complexity index is 735. The van der Waals surface area contributed by atoms with Crippen LogP contribution in [0.3, 0.4) is 0 Å². The molecule has 0 radical (unpaired) electrons. The fourth-order valence-corrected chi connectivity index (χ4v) is 3.38. The second kappa shape index (κ2) is 9.40. The van der Waals surface area contributed by atoms with Gasteiger partial charge in [-0.15, -0.1) is 0 Å². The highest BCUT2D eigenvalue weighted by Gasteiger charge is 2.14. The zero-order valence-electron chi connectivity index (χ0n) is 16.2. The van der Waals surface area contributed by atoms with E-state index in [2.05, 4.69) is 15.6 Å². The number of nitrogens with one attached hydrogen (secondary N) is 2. The summed E-state index contributed by atoms with van der Waals surface area (Å²) in [5.74, 6) is 1.43. The van der Waals surface area contributed by atoms with Gasteiger partial charge in [-0.25, -0.2) is 4.98 Å². The van der Waals surface area contributed by atoms with Crippen LogP contribution >= 0.6 is 0 Å². The number of aromatic nitrogens is 1. The van der Waals surface area contributed by atoms with E-state index in [1.165, 1.54) is 38.5 Å². The highest BCUT2D eigenvalue weighted by Crippen LogP contribution is 2.21. The van der Waals surface area contributed by atoms with Crippen molar-refractivity contribution in [2.75, 3.05) is 10.6 Å². The first kappa shape index (κ1) is 19.2. The van der Waals surface area contributed by atoms with E-state index in [4.69, 9.17) is 4.74 Å². The molecule has 0 spiro atoms. The van der Waals surface area contributed by atoms with Crippen LogP contribution in [0.25, 0.3) is 0 Å². The molecule has 1 aromatic heterocycles. The number of hydrogen-bond acceptors (Lipinski definition) is 4. The minimum atomic E-state index is -0.140. The predicted molar refractivity (Wildman–Crippen MR) is 110 cm³/mol. The molecule has 1 heterocycles. The maximum atomic E-state index is 12.6. The van der Waals surface area contributed by atoms with Gasteiger partial charge in [0.25, 0.3) is 5.91 Å². The molecule has 27 heavy (non-hydrogen) atoms. The molecule has 0 unspecified atom stereocenters. The number of benzene rings is 1. The Morgan fingerprint density at radius 2 is 1.78 bits per heavy atom. The molecule has 2 aromatic rings. The van der Waals surface area contributed by atoms with Crippen LogP contribution in [0.4, 0.5) is 11.5 Å². The second-order valence-electron chi connectivity index (χ2n) is 7.41. The highest BCUT2D eigenvalue weighted by atomic mass is 16.5. The van der Waals surface area contributed by atoms with E-state index in [1.54, 1.807) is 12.3 Å². The Balaban J connectivity index is 1.61. The molecule has 3 rings (SSSR count). The summed E-state index contributed by atoms with van der Waals surface area (Å²) in [6.45, 7) is 3.97. The van der Waals surface area contributed by atoms with Crippen molar-refractivity contribution in [1.29, 1.82) is 0 Å². The molecule has 1 amide bonds. The average molecular weight is 367 g/mol. The Morgan fingerprint density at radius 3 is 2.44 bits per heavy atom. The predicted octanol–water partition coefficient (Wildman–Crippen LogP) is 5.26. The zero-order chi connectivity index (χ0) is 19.1. The van der Waals surface area contributed by atoms with Gasteiger partial charge in [0.15, 0.2) is 0 Å². The lowest BCUT2D eigenvalue weighted by molar-refractivity contribution is 0.102. The van der Waals surface area contributed by atoms with Crippen molar-refractivity contribution in [2.24, 2.45) is 0 Å². The third kappa shape index (κ3) is 5.98. The van der Waals surface area contributed by atoms with Gasteiger partial charge in [-0.1, -0.05) is 25.7 Å². The molecule has 0 atom stereocenters. The summed E-state index contributed by atoms with van der Waals surface area (Å²) in [5, 5.41) is 6.43. The van der Waals surface area contributed by atoms with Crippen molar-refractivity contribution < 1.29 is 9.53 Å². The zero-order valence-corrected chi connectivity index (χ0v) is 16.2. The van der Waals surface area contributed by atoms with Crippen molar-refractivity contribution in [3.8, 4) is 5.75 Å². The van der Waals surface area contributed by atoms with Crippen molar-refractivity contribution >= 4 is 17.4 Å². The topological polar surface area (TPSA) is 63.2 Å². The summed E-state index contributed by atoms with van der Waals surface area (Å²) in [7, 11) is 0. The Kier molecular flexibility index (Phi) is 6.69. The monoisotopic (exact) mass is 367 g/mol. The van der Waals surface area contributed by atoms with Crippen LogP contribution in [0.5, 0.6) is 5.75 Å². The standard InChI is InChI=1S/C22H29N3O2/c1-16(2)27-20-11-9-19(10-12-20)25-22(26)17-13-14-23-21(15-17)24-18-7-5-3-4-6-8-18/h9-16,18H,3-8H2,1-2H3,(H,23,24)(H,25,26). The van der Waals surface area contributed by atoms with Crippen LogP contribution in [-0.4, -0.2) is 23.0 Å². The lowest BCUT2D eigenvalue weighted by atomic mass is 10.1. The van der Waals surface area contributed by atoms with Crippen molar-refractivity contribution in [3.63, 3.8) is 0 Å². The highest BCUT2D eigenvalue weighted by molar-refractivity contribution is 6.04. The normalized spacial score (nSPS) is 15.2. The maximum absolute atomic E-state index is 12.6. The smallest absolute Gasteiger partial charge is 0.255 e. The van der Waals surface area contributed by atoms with E-state index in [0.717, 1.165) is 17.3 Å². The number of pyridine rings is 1. The Hall–Kier alpha value is -2.56. The maximum Gasteiger partial charge on any atom is 0.255 e. The molecular formula is C22H29N3O2. The van der Waals surface area contributed by atoms with Crippen molar-refractivity contribution in [3.05, 3.63) is 48.2 Å². The quantitative estimate of drug-likeness (QED) is 0.684. The Labute approximate surface area is 161 Å². The summed E-state index contributed by atoms with van der Waals surface area (Å²) in [4.78, 5) is 17.0. The lowest BCUT2D eigenvalue weighted by Gasteiger charge is -2.17. The van der Waals surface area contributed by atoms with Crippen LogP contribution < -0.4 is 15.4 Å². The summed E-state index contributed by atoms with van der Waals surface area (Å²) in [5.41, 5.74) is 1.34. The van der Waals surface area contributed by atoms with Gasteiger partial charge in [0.1, 0.15) is 11.6 Å². The van der Waals surface area contributed by atoms with Gasteiger partial charge >= 0.3 is 0 Å². The third-order valence-electron chi connectivity index (χ3n) is 4.71. The molecule has 1 aliphatic carbocycles. The molecule has 0 bridgehead atoms. The van der Waals surface area contributed by atoms with Crippen molar-refractivity contribution in [1.82, 2.24) is 4.98 Å². The van der Waals surface area contributed by atoms with E-state index in [-0.39, 0.29) is 12.0 Å². The summed E-state index contributed by atoms with van der Waals surface area (Å²) in [6.07, 6.45) is 9.30. The number of carbonyl (C=O) groups excluding carboxylic acids is 1. The van der Waals surface area contributed by atoms with E-state index in [0.29, 0.717) is 11.6 Å². The number of rotatable bonds is 6. The Morgan fingerprint density at radius 1 is 1.07 bits per heavy atom. The van der Waals surface area contributed by atoms with E-state index in [9.17, 15) is 4.79 Å². The van der Waals surface area contributed by atoms with Crippen LogP contribution in [0.1, 0.15) is 62.7 Å². The molecule has 5 nitrogen and oxygen atoms in total. The number of carbonyl (C=O) groups is 1. The fraction of sp³-hybridized carbons (Fsp3) is 0.455. The van der Waals surface area contributed by atoms with Gasteiger partial charge in [-0.2, -0.15) is 0 Å². The summed E-state index contributed by atoms with van der Waals surface area (Å²) >= 11 is 0.